The van der Waals surface area contributed by atoms with Crippen LogP contribution in [0.4, 0.5) is 0 Å². The smallest absolute Gasteiger partial charge is 0.0725 e. The Morgan fingerprint density at radius 2 is 2.20 bits per heavy atom. The SMILES string of the molecule is CCCC1CCc2nc3ccccc3c(C(=O)[O-])c2C1. The van der Waals surface area contributed by atoms with Crippen LogP contribution < -0.4 is 5.11 Å². The minimum Gasteiger partial charge on any atom is -0.545 e. The molecule has 1 aliphatic rings. The quantitative estimate of drug-likeness (QED) is 0.859. The lowest BCUT2D eigenvalue weighted by atomic mass is 9.81. The molecule has 0 amide bonds. The van der Waals surface area contributed by atoms with Crippen molar-refractivity contribution >= 4 is 16.9 Å². The van der Waals surface area contributed by atoms with E-state index in [1.165, 1.54) is 0 Å². The van der Waals surface area contributed by atoms with Crippen molar-refractivity contribution in [2.45, 2.75) is 39.0 Å². The molecule has 104 valence electrons. The molecule has 0 saturated heterocycles. The molecular weight excluding hydrogens is 250 g/mol. The standard InChI is InChI=1S/C17H19NO2/c1-2-5-11-8-9-15-13(10-11)16(17(19)20)12-6-3-4-7-14(12)18-15/h3-4,6-7,11H,2,5,8-10H2,1H3,(H,19,20)/p-1. The summed E-state index contributed by atoms with van der Waals surface area (Å²) in [5, 5.41) is 12.3. The van der Waals surface area contributed by atoms with Crippen LogP contribution >= 0.6 is 0 Å². The number of hydrogen-bond donors (Lipinski definition) is 0. The van der Waals surface area contributed by atoms with Gasteiger partial charge in [0.1, 0.15) is 0 Å². The van der Waals surface area contributed by atoms with Crippen molar-refractivity contribution in [2.24, 2.45) is 5.92 Å². The molecule has 1 unspecified atom stereocenters. The van der Waals surface area contributed by atoms with E-state index in [1.807, 2.05) is 24.3 Å². The third-order valence-corrected chi connectivity index (χ3v) is 4.26. The minimum atomic E-state index is -1.07. The molecule has 3 heteroatoms. The van der Waals surface area contributed by atoms with E-state index in [4.69, 9.17) is 0 Å². The first kappa shape index (κ1) is 13.1. The van der Waals surface area contributed by atoms with E-state index in [0.717, 1.165) is 48.9 Å². The zero-order chi connectivity index (χ0) is 14.1. The van der Waals surface area contributed by atoms with Gasteiger partial charge in [0.15, 0.2) is 0 Å². The summed E-state index contributed by atoms with van der Waals surface area (Å²) in [6, 6.07) is 7.45. The summed E-state index contributed by atoms with van der Waals surface area (Å²) in [7, 11) is 0. The first-order chi connectivity index (χ1) is 9.70. The molecular formula is C17H18NO2-. The van der Waals surface area contributed by atoms with Gasteiger partial charge in [-0.2, -0.15) is 0 Å². The maximum atomic E-state index is 11.6. The highest BCUT2D eigenvalue weighted by Gasteiger charge is 2.23. The lowest BCUT2D eigenvalue weighted by molar-refractivity contribution is -0.254. The number of nitrogens with zero attached hydrogens (tertiary/aromatic N) is 1. The van der Waals surface area contributed by atoms with Crippen LogP contribution in [-0.2, 0) is 12.8 Å². The molecule has 0 bridgehead atoms. The zero-order valence-corrected chi connectivity index (χ0v) is 11.7. The predicted molar refractivity (Wildman–Crippen MR) is 76.5 cm³/mol. The number of aryl methyl sites for hydroxylation is 1. The number of fused-ring (bicyclic) bond motifs is 2. The fraction of sp³-hybridized carbons (Fsp3) is 0.412. The van der Waals surface area contributed by atoms with Crippen molar-refractivity contribution < 1.29 is 9.90 Å². The summed E-state index contributed by atoms with van der Waals surface area (Å²) in [4.78, 5) is 16.3. The molecule has 1 atom stereocenters. The van der Waals surface area contributed by atoms with Crippen LogP contribution in [0.3, 0.4) is 0 Å². The number of para-hydroxylation sites is 1. The van der Waals surface area contributed by atoms with Gasteiger partial charge in [0, 0.05) is 16.6 Å². The number of pyridine rings is 1. The summed E-state index contributed by atoms with van der Waals surface area (Å²) in [5.74, 6) is -0.495. The van der Waals surface area contributed by atoms with Crippen LogP contribution in [0.1, 0.15) is 47.8 Å². The number of benzene rings is 1. The fourth-order valence-electron chi connectivity index (χ4n) is 3.35. The summed E-state index contributed by atoms with van der Waals surface area (Å²) in [6.07, 6.45) is 5.11. The zero-order valence-electron chi connectivity index (χ0n) is 11.7. The lowest BCUT2D eigenvalue weighted by Gasteiger charge is -2.27. The second-order valence-corrected chi connectivity index (χ2v) is 5.61. The third kappa shape index (κ3) is 2.17. The first-order valence-electron chi connectivity index (χ1n) is 7.32. The molecule has 0 spiro atoms. The second-order valence-electron chi connectivity index (χ2n) is 5.61. The van der Waals surface area contributed by atoms with Gasteiger partial charge in [-0.3, -0.25) is 4.98 Å². The van der Waals surface area contributed by atoms with Gasteiger partial charge in [-0.1, -0.05) is 38.0 Å². The van der Waals surface area contributed by atoms with E-state index in [2.05, 4.69) is 11.9 Å². The summed E-state index contributed by atoms with van der Waals surface area (Å²) >= 11 is 0. The maximum absolute atomic E-state index is 11.6. The van der Waals surface area contributed by atoms with Crippen molar-refractivity contribution in [3.63, 3.8) is 0 Å². The molecule has 0 radical (unpaired) electrons. The molecule has 20 heavy (non-hydrogen) atoms. The highest BCUT2D eigenvalue weighted by Crippen LogP contribution is 2.32. The molecule has 3 rings (SSSR count). The Labute approximate surface area is 118 Å². The van der Waals surface area contributed by atoms with Gasteiger partial charge in [0.2, 0.25) is 0 Å². The predicted octanol–water partition coefficient (Wildman–Crippen LogP) is 2.50. The molecule has 0 aliphatic heterocycles. The largest absolute Gasteiger partial charge is 0.545 e. The molecule has 1 heterocycles. The molecule has 0 saturated carbocycles. The Bertz CT molecular complexity index is 663. The van der Waals surface area contributed by atoms with Crippen molar-refractivity contribution in [1.82, 2.24) is 4.98 Å². The Hall–Kier alpha value is -1.90. The molecule has 0 fully saturated rings. The normalized spacial score (nSPS) is 17.9. The number of carbonyl (C=O) groups excluding carboxylic acids is 1. The first-order valence-corrected chi connectivity index (χ1v) is 7.32. The van der Waals surface area contributed by atoms with Crippen molar-refractivity contribution in [3.8, 4) is 0 Å². The van der Waals surface area contributed by atoms with Gasteiger partial charge in [-0.15, -0.1) is 0 Å². The van der Waals surface area contributed by atoms with Gasteiger partial charge in [-0.05, 0) is 36.8 Å². The molecule has 1 aromatic carbocycles. The van der Waals surface area contributed by atoms with Crippen LogP contribution in [0.25, 0.3) is 10.9 Å². The van der Waals surface area contributed by atoms with Crippen LogP contribution in [0, 0.1) is 5.92 Å². The van der Waals surface area contributed by atoms with Crippen molar-refractivity contribution in [2.75, 3.05) is 0 Å². The van der Waals surface area contributed by atoms with E-state index < -0.39 is 5.97 Å². The minimum absolute atomic E-state index is 0.367. The number of carboxylic acids is 1. The lowest BCUT2D eigenvalue weighted by Crippen LogP contribution is -2.27. The van der Waals surface area contributed by atoms with Gasteiger partial charge in [-0.25, -0.2) is 0 Å². The second kappa shape index (κ2) is 5.23. The number of aromatic nitrogens is 1. The number of rotatable bonds is 3. The average Bonchev–Trinajstić information content (AvgIpc) is 2.44. The molecule has 3 nitrogen and oxygen atoms in total. The van der Waals surface area contributed by atoms with Crippen molar-refractivity contribution in [3.05, 3.63) is 41.1 Å². The number of aromatic carboxylic acids is 1. The van der Waals surface area contributed by atoms with Gasteiger partial charge < -0.3 is 9.90 Å². The summed E-state index contributed by atoms with van der Waals surface area (Å²) < 4.78 is 0. The van der Waals surface area contributed by atoms with Gasteiger partial charge >= 0.3 is 0 Å². The van der Waals surface area contributed by atoms with Gasteiger partial charge in [0.05, 0.1) is 11.5 Å². The highest BCUT2D eigenvalue weighted by atomic mass is 16.4. The van der Waals surface area contributed by atoms with E-state index in [9.17, 15) is 9.90 Å². The van der Waals surface area contributed by atoms with Crippen LogP contribution in [0.5, 0.6) is 0 Å². The molecule has 2 aromatic rings. The van der Waals surface area contributed by atoms with E-state index >= 15 is 0 Å². The van der Waals surface area contributed by atoms with E-state index in [1.54, 1.807) is 0 Å². The Kier molecular flexibility index (Phi) is 3.43. The third-order valence-electron chi connectivity index (χ3n) is 4.26. The van der Waals surface area contributed by atoms with Crippen LogP contribution in [0.2, 0.25) is 0 Å². The maximum Gasteiger partial charge on any atom is 0.0725 e. The topological polar surface area (TPSA) is 53.0 Å². The molecule has 0 N–H and O–H groups in total. The highest BCUT2D eigenvalue weighted by molar-refractivity contribution is 6.03. The van der Waals surface area contributed by atoms with Crippen molar-refractivity contribution in [1.29, 1.82) is 0 Å². The molecule has 1 aromatic heterocycles. The van der Waals surface area contributed by atoms with Crippen LogP contribution in [-0.4, -0.2) is 11.0 Å². The van der Waals surface area contributed by atoms with E-state index in [-0.39, 0.29) is 0 Å². The summed E-state index contributed by atoms with van der Waals surface area (Å²) in [5.41, 5.74) is 2.99. The number of carbonyl (C=O) groups is 1. The van der Waals surface area contributed by atoms with E-state index in [0.29, 0.717) is 16.9 Å². The Balaban J connectivity index is 2.18. The number of hydrogen-bond acceptors (Lipinski definition) is 3. The average molecular weight is 268 g/mol. The Morgan fingerprint density at radius 3 is 2.95 bits per heavy atom. The summed E-state index contributed by atoms with van der Waals surface area (Å²) in [6.45, 7) is 2.17. The molecule has 1 aliphatic carbocycles. The van der Waals surface area contributed by atoms with Gasteiger partial charge in [0.25, 0.3) is 0 Å². The van der Waals surface area contributed by atoms with Crippen LogP contribution in [0.15, 0.2) is 24.3 Å². The monoisotopic (exact) mass is 268 g/mol. The number of carboxylic acid groups (broad SMARTS) is 1. The Morgan fingerprint density at radius 1 is 1.40 bits per heavy atom. The fourth-order valence-corrected chi connectivity index (χ4v) is 3.35.